The molecule has 0 spiro atoms. The Balaban J connectivity index is 1.37. The average Bonchev–Trinajstić information content (AvgIpc) is 3.31. The summed E-state index contributed by atoms with van der Waals surface area (Å²) in [6.07, 6.45) is 0. The van der Waals surface area contributed by atoms with Crippen LogP contribution in [0.2, 0.25) is 0 Å². The number of anilines is 1. The van der Waals surface area contributed by atoms with Crippen LogP contribution in [0.5, 0.6) is 0 Å². The van der Waals surface area contributed by atoms with E-state index < -0.39 is 0 Å². The van der Waals surface area contributed by atoms with Crippen LogP contribution >= 0.6 is 23.5 Å². The fourth-order valence-corrected chi connectivity index (χ4v) is 4.93. The Morgan fingerprint density at radius 2 is 1.85 bits per heavy atom. The van der Waals surface area contributed by atoms with Gasteiger partial charge in [-0.25, -0.2) is 0 Å². The summed E-state index contributed by atoms with van der Waals surface area (Å²) in [6.45, 7) is 6.20. The van der Waals surface area contributed by atoms with E-state index in [1.54, 1.807) is 24.3 Å². The second-order valence-electron chi connectivity index (χ2n) is 7.72. The van der Waals surface area contributed by atoms with Crippen LogP contribution in [0.4, 0.5) is 10.5 Å². The lowest BCUT2D eigenvalue weighted by Crippen LogP contribution is -2.27. The molecule has 10 heteroatoms. The highest BCUT2D eigenvalue weighted by atomic mass is 32.2. The van der Waals surface area contributed by atoms with Gasteiger partial charge in [-0.2, -0.15) is 0 Å². The van der Waals surface area contributed by atoms with Gasteiger partial charge >= 0.3 is 0 Å². The number of carbonyl (C=O) groups excluding carboxylic acids is 3. The first kappa shape index (κ1) is 23.1. The first-order chi connectivity index (χ1) is 15.8. The van der Waals surface area contributed by atoms with Gasteiger partial charge in [0.05, 0.1) is 23.7 Å². The van der Waals surface area contributed by atoms with Gasteiger partial charge in [0, 0.05) is 5.69 Å². The van der Waals surface area contributed by atoms with Crippen LogP contribution in [-0.2, 0) is 16.1 Å². The van der Waals surface area contributed by atoms with E-state index in [9.17, 15) is 14.4 Å². The first-order valence-electron chi connectivity index (χ1n) is 10.3. The molecular formula is C23H23N5O3S2. The molecule has 1 fully saturated rings. The molecule has 1 aliphatic rings. The predicted molar refractivity (Wildman–Crippen MR) is 130 cm³/mol. The zero-order valence-electron chi connectivity index (χ0n) is 18.5. The third kappa shape index (κ3) is 5.28. The second kappa shape index (κ2) is 9.80. The smallest absolute Gasteiger partial charge is 0.289 e. The summed E-state index contributed by atoms with van der Waals surface area (Å²) in [6, 6.07) is 13.3. The number of benzene rings is 2. The van der Waals surface area contributed by atoms with Crippen molar-refractivity contribution in [2.24, 2.45) is 0 Å². The molecule has 0 atom stereocenters. The number of nitrogens with one attached hydrogen (secondary N) is 1. The van der Waals surface area contributed by atoms with E-state index in [-0.39, 0.29) is 35.1 Å². The highest BCUT2D eigenvalue weighted by molar-refractivity contribution is 8.14. The molecular weight excluding hydrogens is 458 g/mol. The molecule has 1 N–H and O–H groups in total. The molecule has 1 aliphatic heterocycles. The van der Waals surface area contributed by atoms with Crippen LogP contribution in [0.1, 0.15) is 22.5 Å². The van der Waals surface area contributed by atoms with Crippen molar-refractivity contribution in [1.29, 1.82) is 0 Å². The lowest BCUT2D eigenvalue weighted by molar-refractivity contribution is -0.125. The van der Waals surface area contributed by atoms with Crippen molar-refractivity contribution in [3.05, 3.63) is 65.0 Å². The molecule has 2 aromatic carbocycles. The predicted octanol–water partition coefficient (Wildman–Crippen LogP) is 4.12. The summed E-state index contributed by atoms with van der Waals surface area (Å²) in [7, 11) is 0. The molecule has 1 saturated heterocycles. The van der Waals surface area contributed by atoms with Crippen molar-refractivity contribution >= 4 is 46.3 Å². The number of imide groups is 1. The summed E-state index contributed by atoms with van der Waals surface area (Å²) < 4.78 is 1.97. The number of thioether (sulfide) groups is 2. The normalized spacial score (nSPS) is 13.6. The summed E-state index contributed by atoms with van der Waals surface area (Å²) in [5, 5.41) is 11.7. The fourth-order valence-electron chi connectivity index (χ4n) is 3.41. The highest BCUT2D eigenvalue weighted by Gasteiger charge is 2.29. The third-order valence-electron chi connectivity index (χ3n) is 5.15. The molecule has 170 valence electrons. The molecule has 4 rings (SSSR count). The van der Waals surface area contributed by atoms with E-state index in [1.165, 1.54) is 16.7 Å². The van der Waals surface area contributed by atoms with Crippen molar-refractivity contribution in [2.45, 2.75) is 32.5 Å². The zero-order valence-corrected chi connectivity index (χ0v) is 20.1. The van der Waals surface area contributed by atoms with Gasteiger partial charge in [-0.1, -0.05) is 47.8 Å². The topological polar surface area (TPSA) is 97.2 Å². The maximum absolute atomic E-state index is 12.5. The number of aryl methyl sites for hydroxylation is 3. The van der Waals surface area contributed by atoms with Gasteiger partial charge in [0.1, 0.15) is 5.82 Å². The number of carbonyl (C=O) groups is 3. The van der Waals surface area contributed by atoms with Gasteiger partial charge in [0.15, 0.2) is 5.16 Å². The highest BCUT2D eigenvalue weighted by Crippen LogP contribution is 2.25. The minimum Gasteiger partial charge on any atom is -0.325 e. The third-order valence-corrected chi connectivity index (χ3v) is 6.94. The molecule has 3 aromatic rings. The Morgan fingerprint density at radius 3 is 2.55 bits per heavy atom. The minimum atomic E-state index is -0.224. The van der Waals surface area contributed by atoms with Crippen molar-refractivity contribution in [2.75, 3.05) is 16.8 Å². The van der Waals surface area contributed by atoms with E-state index in [2.05, 4.69) is 33.7 Å². The summed E-state index contributed by atoms with van der Waals surface area (Å²) in [4.78, 5) is 37.3. The molecule has 0 radical (unpaired) electrons. The Hall–Kier alpha value is -3.11. The number of hydrogen-bond acceptors (Lipinski definition) is 7. The minimum absolute atomic E-state index is 0.165. The second-order valence-corrected chi connectivity index (χ2v) is 9.59. The van der Waals surface area contributed by atoms with E-state index in [4.69, 9.17) is 0 Å². The van der Waals surface area contributed by atoms with Crippen LogP contribution in [-0.4, -0.2) is 48.2 Å². The van der Waals surface area contributed by atoms with E-state index >= 15 is 0 Å². The van der Waals surface area contributed by atoms with Crippen molar-refractivity contribution in [1.82, 2.24) is 19.7 Å². The van der Waals surface area contributed by atoms with Crippen LogP contribution < -0.4 is 5.32 Å². The van der Waals surface area contributed by atoms with E-state index in [0.29, 0.717) is 10.8 Å². The maximum atomic E-state index is 12.5. The quantitative estimate of drug-likeness (QED) is 0.507. The number of amides is 3. The molecule has 2 heterocycles. The fraction of sp³-hybridized carbons (Fsp3) is 0.261. The Morgan fingerprint density at radius 1 is 1.09 bits per heavy atom. The monoisotopic (exact) mass is 481 g/mol. The summed E-state index contributed by atoms with van der Waals surface area (Å²) in [5.74, 6) is 0.793. The molecule has 0 aliphatic carbocycles. The van der Waals surface area contributed by atoms with Crippen molar-refractivity contribution in [3.8, 4) is 5.69 Å². The summed E-state index contributed by atoms with van der Waals surface area (Å²) in [5.41, 5.74) is 4.71. The molecule has 0 saturated carbocycles. The first-order valence-corrected chi connectivity index (χ1v) is 12.3. The molecule has 0 bridgehead atoms. The van der Waals surface area contributed by atoms with Gasteiger partial charge in [0.25, 0.3) is 5.24 Å². The van der Waals surface area contributed by atoms with Crippen LogP contribution in [0.15, 0.2) is 47.6 Å². The molecule has 0 unspecified atom stereocenters. The standard InChI is InChI=1S/C23H23N5O3S2/c1-14-4-5-15(2)19(10-14)28-16(3)25-26-22(28)32-12-20(29)24-18-8-6-17(7-9-18)11-27-21(30)13-33-23(27)31/h4-10H,11-13H2,1-3H3,(H,24,29). The Bertz CT molecular complexity index is 1210. The Labute approximate surface area is 200 Å². The SMILES string of the molecule is Cc1ccc(C)c(-n2c(C)nnc2SCC(=O)Nc2ccc(CN3C(=O)CSC3=O)cc2)c1. The number of nitrogens with zero attached hydrogens (tertiary/aromatic N) is 4. The molecule has 1 aromatic heterocycles. The van der Waals surface area contributed by atoms with Gasteiger partial charge in [-0.3, -0.25) is 23.9 Å². The van der Waals surface area contributed by atoms with Crippen LogP contribution in [0, 0.1) is 20.8 Å². The van der Waals surface area contributed by atoms with Crippen LogP contribution in [0.25, 0.3) is 5.69 Å². The largest absolute Gasteiger partial charge is 0.325 e. The van der Waals surface area contributed by atoms with Gasteiger partial charge in [0.2, 0.25) is 11.8 Å². The van der Waals surface area contributed by atoms with E-state index in [1.807, 2.05) is 25.3 Å². The van der Waals surface area contributed by atoms with Crippen LogP contribution in [0.3, 0.4) is 0 Å². The zero-order chi connectivity index (χ0) is 23.5. The van der Waals surface area contributed by atoms with Gasteiger partial charge in [-0.05, 0) is 55.7 Å². The average molecular weight is 482 g/mol. The number of hydrogen-bond donors (Lipinski definition) is 1. The van der Waals surface area contributed by atoms with Gasteiger partial charge < -0.3 is 5.32 Å². The molecule has 33 heavy (non-hydrogen) atoms. The number of aromatic nitrogens is 3. The lowest BCUT2D eigenvalue weighted by Gasteiger charge is -2.13. The molecule has 8 nitrogen and oxygen atoms in total. The maximum Gasteiger partial charge on any atom is 0.289 e. The summed E-state index contributed by atoms with van der Waals surface area (Å²) >= 11 is 2.34. The van der Waals surface area contributed by atoms with Gasteiger partial charge in [-0.15, -0.1) is 10.2 Å². The van der Waals surface area contributed by atoms with Crippen molar-refractivity contribution < 1.29 is 14.4 Å². The molecule has 3 amide bonds. The van der Waals surface area contributed by atoms with E-state index in [0.717, 1.165) is 40.0 Å². The van der Waals surface area contributed by atoms with Crippen molar-refractivity contribution in [3.63, 3.8) is 0 Å². The lowest BCUT2D eigenvalue weighted by atomic mass is 10.1. The number of rotatable bonds is 7. The Kier molecular flexibility index (Phi) is 6.85.